The number of hydrogen-bond acceptors (Lipinski definition) is 3. The largest absolute Gasteiger partial charge is 0.385 e. The Morgan fingerprint density at radius 2 is 2.27 bits per heavy atom. The van der Waals surface area contributed by atoms with Gasteiger partial charge in [0.25, 0.3) is 0 Å². The number of methoxy groups -OCH3 is 1. The first-order valence-corrected chi connectivity index (χ1v) is 3.85. The van der Waals surface area contributed by atoms with E-state index in [0.717, 1.165) is 6.42 Å². The fourth-order valence-electron chi connectivity index (χ4n) is 0.529. The number of rotatable bonds is 6. The van der Waals surface area contributed by atoms with Crippen molar-refractivity contribution in [2.45, 2.75) is 11.8 Å². The van der Waals surface area contributed by atoms with E-state index in [9.17, 15) is 0 Å². The van der Waals surface area contributed by atoms with E-state index < -0.39 is 5.38 Å². The SMILES string of the molecule is COCCCOCC(Cl)C#N. The van der Waals surface area contributed by atoms with E-state index in [1.807, 2.05) is 6.07 Å². The zero-order valence-corrected chi connectivity index (χ0v) is 7.30. The monoisotopic (exact) mass is 177 g/mol. The second kappa shape index (κ2) is 7.80. The van der Waals surface area contributed by atoms with E-state index in [0.29, 0.717) is 19.8 Å². The van der Waals surface area contributed by atoms with Crippen LogP contribution in [0, 0.1) is 11.3 Å². The Bertz CT molecular complexity index is 124. The van der Waals surface area contributed by atoms with E-state index in [2.05, 4.69) is 0 Å². The van der Waals surface area contributed by atoms with Gasteiger partial charge in [0.15, 0.2) is 0 Å². The fourth-order valence-corrected chi connectivity index (χ4v) is 0.618. The molecule has 0 aromatic rings. The normalized spacial score (nSPS) is 12.5. The van der Waals surface area contributed by atoms with Crippen molar-refractivity contribution in [3.8, 4) is 6.07 Å². The quantitative estimate of drug-likeness (QED) is 0.452. The topological polar surface area (TPSA) is 42.2 Å². The summed E-state index contributed by atoms with van der Waals surface area (Å²) in [7, 11) is 1.64. The molecule has 0 fully saturated rings. The van der Waals surface area contributed by atoms with Gasteiger partial charge in [0.05, 0.1) is 12.7 Å². The minimum atomic E-state index is -0.530. The van der Waals surface area contributed by atoms with Crippen molar-refractivity contribution >= 4 is 11.6 Å². The van der Waals surface area contributed by atoms with E-state index >= 15 is 0 Å². The van der Waals surface area contributed by atoms with Gasteiger partial charge in [-0.1, -0.05) is 0 Å². The van der Waals surface area contributed by atoms with Gasteiger partial charge >= 0.3 is 0 Å². The highest BCUT2D eigenvalue weighted by Crippen LogP contribution is 1.94. The maximum Gasteiger partial charge on any atom is 0.143 e. The van der Waals surface area contributed by atoms with E-state index in [1.165, 1.54) is 0 Å². The van der Waals surface area contributed by atoms with Crippen molar-refractivity contribution in [1.82, 2.24) is 0 Å². The van der Waals surface area contributed by atoms with Crippen LogP contribution < -0.4 is 0 Å². The van der Waals surface area contributed by atoms with E-state index in [-0.39, 0.29) is 0 Å². The van der Waals surface area contributed by atoms with Gasteiger partial charge in [-0.25, -0.2) is 0 Å². The molecule has 0 saturated carbocycles. The molecule has 0 N–H and O–H groups in total. The standard InChI is InChI=1S/C7H12ClNO2/c1-10-3-2-4-11-6-7(8)5-9/h7H,2-4,6H2,1H3. The van der Waals surface area contributed by atoms with Gasteiger partial charge in [0.1, 0.15) is 5.38 Å². The minimum absolute atomic E-state index is 0.293. The lowest BCUT2D eigenvalue weighted by Gasteiger charge is -2.02. The number of alkyl halides is 1. The summed E-state index contributed by atoms with van der Waals surface area (Å²) in [5, 5.41) is 7.72. The minimum Gasteiger partial charge on any atom is -0.385 e. The summed E-state index contributed by atoms with van der Waals surface area (Å²) in [6.07, 6.45) is 0.839. The first-order valence-electron chi connectivity index (χ1n) is 3.41. The summed E-state index contributed by atoms with van der Waals surface area (Å²) in [6.45, 7) is 1.57. The third kappa shape index (κ3) is 7.60. The molecule has 0 spiro atoms. The van der Waals surface area contributed by atoms with E-state index in [4.69, 9.17) is 26.3 Å². The smallest absolute Gasteiger partial charge is 0.143 e. The lowest BCUT2D eigenvalue weighted by Crippen LogP contribution is -2.08. The van der Waals surface area contributed by atoms with Gasteiger partial charge < -0.3 is 9.47 Å². The molecule has 64 valence electrons. The molecule has 0 saturated heterocycles. The van der Waals surface area contributed by atoms with Gasteiger partial charge in [-0.15, -0.1) is 11.6 Å². The molecule has 4 heteroatoms. The third-order valence-corrected chi connectivity index (χ3v) is 1.26. The molecule has 0 aliphatic carbocycles. The molecular weight excluding hydrogens is 166 g/mol. The summed E-state index contributed by atoms with van der Waals surface area (Å²) < 4.78 is 9.85. The molecule has 0 heterocycles. The summed E-state index contributed by atoms with van der Waals surface area (Å²) in [4.78, 5) is 0. The van der Waals surface area contributed by atoms with Gasteiger partial charge in [0, 0.05) is 20.3 Å². The van der Waals surface area contributed by atoms with Crippen molar-refractivity contribution < 1.29 is 9.47 Å². The predicted octanol–water partition coefficient (Wildman–Crippen LogP) is 1.17. The fraction of sp³-hybridized carbons (Fsp3) is 0.857. The molecule has 0 aromatic heterocycles. The maximum absolute atomic E-state index is 8.25. The Kier molecular flexibility index (Phi) is 7.59. The summed E-state index contributed by atoms with van der Waals surface area (Å²) in [5.74, 6) is 0. The van der Waals surface area contributed by atoms with Crippen LogP contribution in [-0.4, -0.2) is 32.3 Å². The van der Waals surface area contributed by atoms with Crippen LogP contribution in [0.15, 0.2) is 0 Å². The van der Waals surface area contributed by atoms with Crippen LogP contribution in [0.1, 0.15) is 6.42 Å². The predicted molar refractivity (Wildman–Crippen MR) is 42.6 cm³/mol. The maximum atomic E-state index is 8.25. The van der Waals surface area contributed by atoms with Gasteiger partial charge in [0.2, 0.25) is 0 Å². The number of nitriles is 1. The first kappa shape index (κ1) is 10.7. The number of ether oxygens (including phenoxy) is 2. The first-order chi connectivity index (χ1) is 5.31. The molecular formula is C7H12ClNO2. The van der Waals surface area contributed by atoms with Crippen molar-refractivity contribution in [2.24, 2.45) is 0 Å². The molecule has 0 rings (SSSR count). The Balaban J connectivity index is 2.97. The second-order valence-electron chi connectivity index (χ2n) is 2.02. The molecule has 0 amide bonds. The number of halogens is 1. The third-order valence-electron chi connectivity index (χ3n) is 1.04. The molecule has 0 aromatic carbocycles. The molecule has 1 atom stereocenters. The van der Waals surface area contributed by atoms with Gasteiger partial charge in [-0.05, 0) is 6.42 Å². The van der Waals surface area contributed by atoms with Crippen LogP contribution >= 0.6 is 11.6 Å². The van der Waals surface area contributed by atoms with Crippen LogP contribution in [0.5, 0.6) is 0 Å². The van der Waals surface area contributed by atoms with Gasteiger partial charge in [-0.3, -0.25) is 0 Å². The van der Waals surface area contributed by atoms with Crippen molar-refractivity contribution in [3.05, 3.63) is 0 Å². The Morgan fingerprint density at radius 3 is 2.82 bits per heavy atom. The molecule has 0 aliphatic heterocycles. The Hall–Kier alpha value is -0.300. The van der Waals surface area contributed by atoms with Crippen LogP contribution in [0.3, 0.4) is 0 Å². The molecule has 0 bridgehead atoms. The number of nitrogens with zero attached hydrogens (tertiary/aromatic N) is 1. The van der Waals surface area contributed by atoms with E-state index in [1.54, 1.807) is 7.11 Å². The molecule has 0 aliphatic rings. The molecule has 11 heavy (non-hydrogen) atoms. The number of hydrogen-bond donors (Lipinski definition) is 0. The highest BCUT2D eigenvalue weighted by Gasteiger charge is 2.00. The second-order valence-corrected chi connectivity index (χ2v) is 2.54. The van der Waals surface area contributed by atoms with Crippen LogP contribution in [0.25, 0.3) is 0 Å². The van der Waals surface area contributed by atoms with Crippen molar-refractivity contribution in [3.63, 3.8) is 0 Å². The average Bonchev–Trinajstić information content (AvgIpc) is 2.04. The zero-order valence-electron chi connectivity index (χ0n) is 6.55. The molecule has 3 nitrogen and oxygen atoms in total. The summed E-state index contributed by atoms with van der Waals surface area (Å²) in [6, 6.07) is 1.86. The summed E-state index contributed by atoms with van der Waals surface area (Å²) in [5.41, 5.74) is 0. The molecule has 1 unspecified atom stereocenters. The highest BCUT2D eigenvalue weighted by molar-refractivity contribution is 6.22. The van der Waals surface area contributed by atoms with Crippen molar-refractivity contribution in [2.75, 3.05) is 26.9 Å². The summed E-state index contributed by atoms with van der Waals surface area (Å²) >= 11 is 5.46. The Morgan fingerprint density at radius 1 is 1.55 bits per heavy atom. The molecule has 0 radical (unpaired) electrons. The van der Waals surface area contributed by atoms with Crippen LogP contribution in [0.4, 0.5) is 0 Å². The van der Waals surface area contributed by atoms with Crippen LogP contribution in [-0.2, 0) is 9.47 Å². The zero-order chi connectivity index (χ0) is 8.53. The highest BCUT2D eigenvalue weighted by atomic mass is 35.5. The lowest BCUT2D eigenvalue weighted by molar-refractivity contribution is 0.107. The van der Waals surface area contributed by atoms with Gasteiger partial charge in [-0.2, -0.15) is 5.26 Å². The van der Waals surface area contributed by atoms with Crippen LogP contribution in [0.2, 0.25) is 0 Å². The Labute approximate surface area is 71.9 Å². The lowest BCUT2D eigenvalue weighted by atomic mass is 10.5. The van der Waals surface area contributed by atoms with Crippen molar-refractivity contribution in [1.29, 1.82) is 5.26 Å². The average molecular weight is 178 g/mol.